The first-order valence-corrected chi connectivity index (χ1v) is 9.29. The Hall–Kier alpha value is -2.47. The van der Waals surface area contributed by atoms with Crippen LogP contribution in [0.3, 0.4) is 0 Å². The molecule has 0 bridgehead atoms. The van der Waals surface area contributed by atoms with E-state index < -0.39 is 15.4 Å². The monoisotopic (exact) mass is 343 g/mol. The summed E-state index contributed by atoms with van der Waals surface area (Å²) in [7, 11) is -3.28. The summed E-state index contributed by atoms with van der Waals surface area (Å²) in [5, 5.41) is 0. The Labute approximate surface area is 140 Å². The highest BCUT2D eigenvalue weighted by molar-refractivity contribution is 7.90. The molecule has 2 aromatic rings. The summed E-state index contributed by atoms with van der Waals surface area (Å²) < 4.78 is 29.1. The Bertz CT molecular complexity index is 927. The average Bonchev–Trinajstić information content (AvgIpc) is 2.78. The Morgan fingerprint density at radius 3 is 2.25 bits per heavy atom. The Balaban J connectivity index is 2.15. The lowest BCUT2D eigenvalue weighted by atomic mass is 9.95. The molecule has 0 aliphatic carbocycles. The number of sulfone groups is 1. The number of benzene rings is 1. The first-order valence-electron chi connectivity index (χ1n) is 7.40. The fraction of sp³-hybridized carbons (Fsp3) is 0.222. The van der Waals surface area contributed by atoms with E-state index in [1.54, 1.807) is 50.4 Å². The molecule has 0 saturated carbocycles. The molecule has 3 rings (SSSR count). The van der Waals surface area contributed by atoms with Crippen molar-refractivity contribution >= 4 is 27.0 Å². The van der Waals surface area contributed by atoms with Crippen LogP contribution in [0.25, 0.3) is 11.3 Å². The Kier molecular flexibility index (Phi) is 3.80. The van der Waals surface area contributed by atoms with E-state index in [2.05, 4.69) is 4.98 Å². The van der Waals surface area contributed by atoms with E-state index in [1.807, 2.05) is 0 Å². The van der Waals surface area contributed by atoms with Gasteiger partial charge >= 0.3 is 0 Å². The minimum Gasteiger partial charge on any atom is -0.478 e. The van der Waals surface area contributed by atoms with Gasteiger partial charge in [-0.15, -0.1) is 0 Å². The van der Waals surface area contributed by atoms with Gasteiger partial charge in [-0.3, -0.25) is 9.78 Å². The van der Waals surface area contributed by atoms with Crippen LogP contribution in [0.1, 0.15) is 25.1 Å². The maximum atomic E-state index is 12.7. The molecule has 1 aliphatic rings. The summed E-state index contributed by atoms with van der Waals surface area (Å²) in [5.74, 6) is 0.271. The van der Waals surface area contributed by atoms with Gasteiger partial charge in [-0.25, -0.2) is 8.42 Å². The molecular formula is C18H17NO4S. The van der Waals surface area contributed by atoms with Gasteiger partial charge in [0.2, 0.25) is 5.78 Å². The molecule has 5 nitrogen and oxygen atoms in total. The highest BCUT2D eigenvalue weighted by atomic mass is 32.2. The van der Waals surface area contributed by atoms with Crippen molar-refractivity contribution in [2.24, 2.45) is 0 Å². The number of hydrogen-bond donors (Lipinski definition) is 0. The molecule has 2 heterocycles. The van der Waals surface area contributed by atoms with Crippen molar-refractivity contribution in [2.75, 3.05) is 6.26 Å². The highest BCUT2D eigenvalue weighted by Gasteiger charge is 2.43. The smallest absolute Gasteiger partial charge is 0.211 e. The summed E-state index contributed by atoms with van der Waals surface area (Å²) in [6.07, 6.45) is 2.77. The number of pyridine rings is 1. The van der Waals surface area contributed by atoms with Crippen LogP contribution in [0.5, 0.6) is 0 Å². The molecule has 0 atom stereocenters. The van der Waals surface area contributed by atoms with Crippen molar-refractivity contribution in [2.45, 2.75) is 24.3 Å². The minimum absolute atomic E-state index is 0.150. The summed E-state index contributed by atoms with van der Waals surface area (Å²) in [6, 6.07) is 11.6. The molecule has 0 spiro atoms. The maximum absolute atomic E-state index is 12.7. The Morgan fingerprint density at radius 1 is 1.04 bits per heavy atom. The lowest BCUT2D eigenvalue weighted by molar-refractivity contribution is -0.125. The second kappa shape index (κ2) is 5.56. The molecule has 1 aromatic carbocycles. The van der Waals surface area contributed by atoms with Crippen molar-refractivity contribution in [3.05, 3.63) is 59.9 Å². The molecule has 1 aromatic heterocycles. The fourth-order valence-corrected chi connectivity index (χ4v) is 3.19. The predicted octanol–water partition coefficient (Wildman–Crippen LogP) is 2.73. The highest BCUT2D eigenvalue weighted by Crippen LogP contribution is 2.40. The summed E-state index contributed by atoms with van der Waals surface area (Å²) >= 11 is 0. The number of carbonyl (C=O) groups excluding carboxylic acids is 1. The predicted molar refractivity (Wildman–Crippen MR) is 90.8 cm³/mol. The molecule has 0 unspecified atom stereocenters. The lowest BCUT2D eigenvalue weighted by Crippen LogP contribution is -2.29. The van der Waals surface area contributed by atoms with Crippen molar-refractivity contribution in [3.8, 4) is 0 Å². The van der Waals surface area contributed by atoms with E-state index in [0.29, 0.717) is 22.6 Å². The number of hydrogen-bond acceptors (Lipinski definition) is 5. The number of nitrogens with zero attached hydrogens (tertiary/aromatic N) is 1. The number of aromatic nitrogens is 1. The maximum Gasteiger partial charge on any atom is 0.211 e. The van der Waals surface area contributed by atoms with Crippen LogP contribution in [-0.2, 0) is 19.4 Å². The number of carbonyl (C=O) groups is 1. The average molecular weight is 343 g/mol. The summed E-state index contributed by atoms with van der Waals surface area (Å²) in [6.45, 7) is 3.41. The SMILES string of the molecule is CC1(C)OC(c2ccc(S(C)(=O)=O)cc2)=C(c2ccccn2)C1=O. The number of ketones is 1. The molecule has 0 amide bonds. The first kappa shape index (κ1) is 16.4. The molecule has 1 aliphatic heterocycles. The van der Waals surface area contributed by atoms with Crippen LogP contribution in [-0.4, -0.2) is 31.0 Å². The molecule has 124 valence electrons. The molecule has 0 radical (unpaired) electrons. The second-order valence-electron chi connectivity index (χ2n) is 6.16. The van der Waals surface area contributed by atoms with Gasteiger partial charge in [0.25, 0.3) is 0 Å². The van der Waals surface area contributed by atoms with Gasteiger partial charge in [-0.1, -0.05) is 6.07 Å². The van der Waals surface area contributed by atoms with Crippen LogP contribution >= 0.6 is 0 Å². The molecule has 24 heavy (non-hydrogen) atoms. The lowest BCUT2D eigenvalue weighted by Gasteiger charge is -2.17. The van der Waals surface area contributed by atoms with Crippen molar-refractivity contribution in [3.63, 3.8) is 0 Å². The van der Waals surface area contributed by atoms with Gasteiger partial charge in [-0.05, 0) is 50.2 Å². The number of rotatable bonds is 3. The largest absolute Gasteiger partial charge is 0.478 e. The quantitative estimate of drug-likeness (QED) is 0.857. The topological polar surface area (TPSA) is 73.3 Å². The van der Waals surface area contributed by atoms with Gasteiger partial charge in [-0.2, -0.15) is 0 Å². The van der Waals surface area contributed by atoms with Crippen LogP contribution in [0.4, 0.5) is 0 Å². The zero-order chi connectivity index (χ0) is 17.5. The number of ether oxygens (including phenoxy) is 1. The third-order valence-electron chi connectivity index (χ3n) is 3.82. The molecule has 0 N–H and O–H groups in total. The third-order valence-corrected chi connectivity index (χ3v) is 4.95. The van der Waals surface area contributed by atoms with Gasteiger partial charge < -0.3 is 4.74 Å². The van der Waals surface area contributed by atoms with Crippen LogP contribution in [0, 0.1) is 0 Å². The molecular weight excluding hydrogens is 326 g/mol. The molecule has 6 heteroatoms. The van der Waals surface area contributed by atoms with Gasteiger partial charge in [0.05, 0.1) is 16.2 Å². The van der Waals surface area contributed by atoms with Crippen LogP contribution in [0.2, 0.25) is 0 Å². The molecule has 0 saturated heterocycles. The van der Waals surface area contributed by atoms with Crippen molar-refractivity contribution in [1.29, 1.82) is 0 Å². The first-order chi connectivity index (χ1) is 11.2. The van der Waals surface area contributed by atoms with Gasteiger partial charge in [0.1, 0.15) is 5.76 Å². The van der Waals surface area contributed by atoms with Crippen molar-refractivity contribution < 1.29 is 17.9 Å². The van der Waals surface area contributed by atoms with E-state index in [0.717, 1.165) is 6.26 Å². The van der Waals surface area contributed by atoms with E-state index in [9.17, 15) is 13.2 Å². The van der Waals surface area contributed by atoms with Crippen LogP contribution < -0.4 is 0 Å². The van der Waals surface area contributed by atoms with Gasteiger partial charge in [0.15, 0.2) is 15.4 Å². The zero-order valence-corrected chi connectivity index (χ0v) is 14.4. The Morgan fingerprint density at radius 2 is 1.71 bits per heavy atom. The van der Waals surface area contributed by atoms with E-state index in [1.165, 1.54) is 12.1 Å². The van der Waals surface area contributed by atoms with E-state index in [4.69, 9.17) is 4.74 Å². The fourth-order valence-electron chi connectivity index (χ4n) is 2.56. The van der Waals surface area contributed by atoms with Crippen molar-refractivity contribution in [1.82, 2.24) is 4.98 Å². The number of Topliss-reactive ketones (excluding diaryl/α,β-unsaturated/α-hetero) is 1. The van der Waals surface area contributed by atoms with E-state index in [-0.39, 0.29) is 10.7 Å². The van der Waals surface area contributed by atoms with Crippen LogP contribution in [0.15, 0.2) is 53.6 Å². The molecule has 0 fully saturated rings. The van der Waals surface area contributed by atoms with E-state index >= 15 is 0 Å². The minimum atomic E-state index is -3.28. The summed E-state index contributed by atoms with van der Waals surface area (Å²) in [5.41, 5.74) is 0.600. The third kappa shape index (κ3) is 2.85. The second-order valence-corrected chi connectivity index (χ2v) is 8.17. The summed E-state index contributed by atoms with van der Waals surface area (Å²) in [4.78, 5) is 17.2. The van der Waals surface area contributed by atoms with Gasteiger partial charge in [0, 0.05) is 18.0 Å². The normalized spacial score (nSPS) is 17.0. The standard InChI is InChI=1S/C18H17NO4S/c1-18(2)17(20)15(14-6-4-5-11-19-14)16(23-18)12-7-9-13(10-8-12)24(3,21)22/h4-11H,1-3H3. The zero-order valence-electron chi connectivity index (χ0n) is 13.6.